The summed E-state index contributed by atoms with van der Waals surface area (Å²) >= 11 is 0. The fraction of sp³-hybridized carbons (Fsp3) is 0.500. The maximum Gasteiger partial charge on any atom is 0.167 e. The average molecular weight is 178 g/mol. The number of carbonyl (C=O) groups is 1. The molecule has 1 rings (SSSR count). The molecule has 0 N–H and O–H groups in total. The highest BCUT2D eigenvalue weighted by Gasteiger charge is 2.14. The number of Topliss-reactive ketones (excluding diaryl/α,β-unsaturated/α-hetero) is 1. The van der Waals surface area contributed by atoms with Gasteiger partial charge in [0, 0.05) is 11.5 Å². The molecule has 0 fully saturated rings. The van der Waals surface area contributed by atoms with Gasteiger partial charge in [-0.3, -0.25) is 4.79 Å². The minimum Gasteiger partial charge on any atom is -0.294 e. The van der Waals surface area contributed by atoms with Crippen molar-refractivity contribution < 1.29 is 4.79 Å². The second-order valence-corrected chi connectivity index (χ2v) is 3.50. The second-order valence-electron chi connectivity index (χ2n) is 3.50. The number of aryl methyl sites for hydroxylation is 2. The minimum absolute atomic E-state index is 0.0160. The number of hydrogen-bond donors (Lipinski definition) is 0. The first kappa shape index (κ1) is 9.84. The summed E-state index contributed by atoms with van der Waals surface area (Å²) in [5, 5.41) is 7.79. The van der Waals surface area contributed by atoms with E-state index in [1.165, 1.54) is 0 Å². The molecule has 0 saturated heterocycles. The molecule has 3 heteroatoms. The third-order valence-corrected chi connectivity index (χ3v) is 1.89. The summed E-state index contributed by atoms with van der Waals surface area (Å²) < 4.78 is 0. The van der Waals surface area contributed by atoms with Crippen molar-refractivity contribution in [3.63, 3.8) is 0 Å². The third-order valence-electron chi connectivity index (χ3n) is 1.89. The SMILES string of the molecule is Cc1cc(C(=O)C(C)C)c(C)nn1. The molecular formula is C10H14N2O. The lowest BCUT2D eigenvalue weighted by atomic mass is 10.0. The predicted molar refractivity (Wildman–Crippen MR) is 50.7 cm³/mol. The molecular weight excluding hydrogens is 164 g/mol. The summed E-state index contributed by atoms with van der Waals surface area (Å²) in [6.07, 6.45) is 0. The van der Waals surface area contributed by atoms with E-state index in [4.69, 9.17) is 0 Å². The van der Waals surface area contributed by atoms with Gasteiger partial charge in [0.25, 0.3) is 0 Å². The lowest BCUT2D eigenvalue weighted by Crippen LogP contribution is -2.11. The molecule has 70 valence electrons. The third kappa shape index (κ3) is 2.11. The van der Waals surface area contributed by atoms with Crippen molar-refractivity contribution in [3.8, 4) is 0 Å². The van der Waals surface area contributed by atoms with Gasteiger partial charge in [0.1, 0.15) is 0 Å². The second kappa shape index (κ2) is 3.64. The monoisotopic (exact) mass is 178 g/mol. The van der Waals surface area contributed by atoms with E-state index in [9.17, 15) is 4.79 Å². The zero-order chi connectivity index (χ0) is 10.0. The maximum atomic E-state index is 11.6. The van der Waals surface area contributed by atoms with Crippen LogP contribution in [-0.4, -0.2) is 16.0 Å². The fourth-order valence-electron chi connectivity index (χ4n) is 1.11. The number of rotatable bonds is 2. The Hall–Kier alpha value is -1.25. The van der Waals surface area contributed by atoms with Crippen LogP contribution in [0, 0.1) is 19.8 Å². The molecule has 0 spiro atoms. The van der Waals surface area contributed by atoms with Crippen LogP contribution in [0.15, 0.2) is 6.07 Å². The highest BCUT2D eigenvalue weighted by atomic mass is 16.1. The van der Waals surface area contributed by atoms with E-state index in [2.05, 4.69) is 10.2 Å². The van der Waals surface area contributed by atoms with E-state index in [-0.39, 0.29) is 11.7 Å². The normalized spacial score (nSPS) is 10.5. The first-order valence-corrected chi connectivity index (χ1v) is 4.37. The number of carbonyl (C=O) groups excluding carboxylic acids is 1. The Morgan fingerprint density at radius 1 is 1.31 bits per heavy atom. The Kier molecular flexibility index (Phi) is 2.76. The number of aromatic nitrogens is 2. The van der Waals surface area contributed by atoms with Crippen molar-refractivity contribution >= 4 is 5.78 Å². The van der Waals surface area contributed by atoms with Crippen LogP contribution in [0.4, 0.5) is 0 Å². The Morgan fingerprint density at radius 2 is 1.92 bits per heavy atom. The maximum absolute atomic E-state index is 11.6. The van der Waals surface area contributed by atoms with Crippen LogP contribution in [0.25, 0.3) is 0 Å². The molecule has 0 radical (unpaired) electrons. The van der Waals surface area contributed by atoms with Crippen molar-refractivity contribution in [2.75, 3.05) is 0 Å². The van der Waals surface area contributed by atoms with Crippen molar-refractivity contribution in [1.29, 1.82) is 0 Å². The Balaban J connectivity index is 3.13. The molecule has 0 aromatic carbocycles. The van der Waals surface area contributed by atoms with Crippen LogP contribution in [-0.2, 0) is 0 Å². The van der Waals surface area contributed by atoms with Gasteiger partial charge in [-0.25, -0.2) is 0 Å². The summed E-state index contributed by atoms with van der Waals surface area (Å²) in [4.78, 5) is 11.6. The minimum atomic E-state index is 0.0160. The molecule has 1 heterocycles. The fourth-order valence-corrected chi connectivity index (χ4v) is 1.11. The molecule has 3 nitrogen and oxygen atoms in total. The topological polar surface area (TPSA) is 42.9 Å². The highest BCUT2D eigenvalue weighted by molar-refractivity contribution is 5.98. The predicted octanol–water partition coefficient (Wildman–Crippen LogP) is 1.93. The van der Waals surface area contributed by atoms with E-state index in [0.717, 1.165) is 5.69 Å². The first-order valence-electron chi connectivity index (χ1n) is 4.37. The molecule has 0 unspecified atom stereocenters. The van der Waals surface area contributed by atoms with E-state index in [1.54, 1.807) is 6.07 Å². The molecule has 0 aliphatic carbocycles. The van der Waals surface area contributed by atoms with Crippen LogP contribution in [0.1, 0.15) is 35.6 Å². The average Bonchev–Trinajstić information content (AvgIpc) is 2.08. The molecule has 0 aliphatic heterocycles. The Bertz CT molecular complexity index is 332. The van der Waals surface area contributed by atoms with Gasteiger partial charge in [-0.05, 0) is 19.9 Å². The smallest absolute Gasteiger partial charge is 0.167 e. The van der Waals surface area contributed by atoms with Gasteiger partial charge in [0.05, 0.1) is 11.4 Å². The molecule has 1 aromatic rings. The summed E-state index contributed by atoms with van der Waals surface area (Å²) in [5.41, 5.74) is 2.20. The number of hydrogen-bond acceptors (Lipinski definition) is 3. The van der Waals surface area contributed by atoms with Crippen molar-refractivity contribution in [2.45, 2.75) is 27.7 Å². The standard InChI is InChI=1S/C10H14N2O/c1-6(2)10(13)9-5-7(3)11-12-8(9)4/h5-6H,1-4H3. The van der Waals surface area contributed by atoms with Gasteiger partial charge >= 0.3 is 0 Å². The highest BCUT2D eigenvalue weighted by Crippen LogP contribution is 2.11. The number of ketones is 1. The first-order chi connectivity index (χ1) is 6.02. The van der Waals surface area contributed by atoms with E-state index >= 15 is 0 Å². The summed E-state index contributed by atoms with van der Waals surface area (Å²) in [7, 11) is 0. The van der Waals surface area contributed by atoms with E-state index in [0.29, 0.717) is 11.3 Å². The van der Waals surface area contributed by atoms with E-state index < -0.39 is 0 Å². The number of nitrogens with zero attached hydrogens (tertiary/aromatic N) is 2. The largest absolute Gasteiger partial charge is 0.294 e. The zero-order valence-corrected chi connectivity index (χ0v) is 8.46. The molecule has 13 heavy (non-hydrogen) atoms. The van der Waals surface area contributed by atoms with Gasteiger partial charge in [0.15, 0.2) is 5.78 Å². The van der Waals surface area contributed by atoms with Crippen LogP contribution in [0.5, 0.6) is 0 Å². The van der Waals surface area contributed by atoms with E-state index in [1.807, 2.05) is 27.7 Å². The van der Waals surface area contributed by atoms with Crippen LogP contribution in [0.3, 0.4) is 0 Å². The lowest BCUT2D eigenvalue weighted by molar-refractivity contribution is 0.0938. The van der Waals surface area contributed by atoms with Crippen molar-refractivity contribution in [1.82, 2.24) is 10.2 Å². The summed E-state index contributed by atoms with van der Waals surface area (Å²) in [6, 6.07) is 1.80. The molecule has 0 bridgehead atoms. The van der Waals surface area contributed by atoms with Crippen LogP contribution in [0.2, 0.25) is 0 Å². The summed E-state index contributed by atoms with van der Waals surface area (Å²) in [5.74, 6) is 0.151. The molecule has 0 atom stereocenters. The Morgan fingerprint density at radius 3 is 2.46 bits per heavy atom. The van der Waals surface area contributed by atoms with Crippen molar-refractivity contribution in [3.05, 3.63) is 23.0 Å². The Labute approximate surface area is 78.2 Å². The van der Waals surface area contributed by atoms with Gasteiger partial charge in [-0.2, -0.15) is 10.2 Å². The van der Waals surface area contributed by atoms with Crippen LogP contribution >= 0.6 is 0 Å². The molecule has 0 aliphatic rings. The molecule has 1 aromatic heterocycles. The quantitative estimate of drug-likeness (QED) is 0.650. The van der Waals surface area contributed by atoms with Gasteiger partial charge in [0.2, 0.25) is 0 Å². The zero-order valence-electron chi connectivity index (χ0n) is 8.46. The molecule has 0 amide bonds. The lowest BCUT2D eigenvalue weighted by Gasteiger charge is -2.06. The van der Waals surface area contributed by atoms with Crippen molar-refractivity contribution in [2.24, 2.45) is 5.92 Å². The van der Waals surface area contributed by atoms with Crippen LogP contribution < -0.4 is 0 Å². The van der Waals surface area contributed by atoms with Gasteiger partial charge in [-0.1, -0.05) is 13.8 Å². The summed E-state index contributed by atoms with van der Waals surface area (Å²) in [6.45, 7) is 7.42. The van der Waals surface area contributed by atoms with Gasteiger partial charge in [-0.15, -0.1) is 0 Å². The molecule has 0 saturated carbocycles. The van der Waals surface area contributed by atoms with Gasteiger partial charge < -0.3 is 0 Å².